The fraction of sp³-hybridized carbons (Fsp3) is 0.739. The summed E-state index contributed by atoms with van der Waals surface area (Å²) in [6.45, 7) is 5.84. The number of nitrogens with zero attached hydrogens (tertiary/aromatic N) is 2. The number of aromatic nitrogens is 1. The number of ether oxygens (including phenoxy) is 2. The number of rotatable bonds is 8. The number of pyridine rings is 1. The molecule has 2 fully saturated rings. The maximum absolute atomic E-state index is 13.3. The molecule has 0 unspecified atom stereocenters. The van der Waals surface area contributed by atoms with Crippen LogP contribution in [0.4, 0.5) is 18.9 Å². The number of hydrogen-bond donors (Lipinski definition) is 1. The van der Waals surface area contributed by atoms with Gasteiger partial charge in [-0.3, -0.25) is 4.79 Å². The van der Waals surface area contributed by atoms with Crippen LogP contribution >= 0.6 is 0 Å². The van der Waals surface area contributed by atoms with Crippen LogP contribution in [0.1, 0.15) is 65.7 Å². The van der Waals surface area contributed by atoms with Crippen molar-refractivity contribution in [1.82, 2.24) is 4.98 Å². The molecule has 1 saturated carbocycles. The molecular weight excluding hydrogens is 425 g/mol. The topological polar surface area (TPSA) is 71.9 Å². The van der Waals surface area contributed by atoms with Gasteiger partial charge in [0.1, 0.15) is 0 Å². The highest BCUT2D eigenvalue weighted by atomic mass is 19.4. The monoisotopic (exact) mass is 458 g/mol. The number of aliphatic hydroxyl groups is 1. The molecule has 0 bridgehead atoms. The minimum Gasteiger partial charge on any atom is -0.465 e. The molecule has 180 valence electrons. The van der Waals surface area contributed by atoms with Gasteiger partial charge in [-0.15, -0.1) is 0 Å². The van der Waals surface area contributed by atoms with Crippen molar-refractivity contribution >= 4 is 11.6 Å². The molecule has 0 aromatic carbocycles. The average Bonchev–Trinajstić information content (AvgIpc) is 3.07. The molecule has 0 radical (unpaired) electrons. The summed E-state index contributed by atoms with van der Waals surface area (Å²) < 4.78 is 48.7. The second-order valence-electron chi connectivity index (χ2n) is 9.12. The minimum absolute atomic E-state index is 0.0143. The highest BCUT2D eigenvalue weighted by Crippen LogP contribution is 2.48. The average molecular weight is 459 g/mol. The zero-order valence-electron chi connectivity index (χ0n) is 19.0. The van der Waals surface area contributed by atoms with E-state index in [4.69, 9.17) is 9.47 Å². The van der Waals surface area contributed by atoms with E-state index in [1.807, 2.05) is 0 Å². The van der Waals surface area contributed by atoms with Crippen molar-refractivity contribution in [3.8, 4) is 5.88 Å². The lowest BCUT2D eigenvalue weighted by Gasteiger charge is -2.41. The van der Waals surface area contributed by atoms with Crippen LogP contribution in [0.15, 0.2) is 18.3 Å². The van der Waals surface area contributed by atoms with Gasteiger partial charge in [0.25, 0.3) is 0 Å². The largest absolute Gasteiger partial charge is 0.465 e. The van der Waals surface area contributed by atoms with Crippen molar-refractivity contribution in [2.45, 2.75) is 89.7 Å². The summed E-state index contributed by atoms with van der Waals surface area (Å²) in [5.74, 6) is -0.153. The Balaban J connectivity index is 1.59. The Morgan fingerprint density at radius 3 is 2.34 bits per heavy atom. The molecule has 1 saturated heterocycles. The van der Waals surface area contributed by atoms with E-state index in [0.717, 1.165) is 19.8 Å². The highest BCUT2D eigenvalue weighted by Gasteiger charge is 2.51. The van der Waals surface area contributed by atoms with Gasteiger partial charge in [-0.25, -0.2) is 4.98 Å². The SMILES string of the molecule is CCC(CC)OCC1(O)CCC2(CCN(c3ccc(O[C@@H](C)C(F)(F)F)nc3)C2=O)CC1. The lowest BCUT2D eigenvalue weighted by molar-refractivity contribution is -0.189. The van der Waals surface area contributed by atoms with Gasteiger partial charge in [0, 0.05) is 12.6 Å². The number of carbonyl (C=O) groups is 1. The molecule has 2 heterocycles. The van der Waals surface area contributed by atoms with Crippen molar-refractivity contribution in [1.29, 1.82) is 0 Å². The van der Waals surface area contributed by atoms with E-state index in [9.17, 15) is 23.1 Å². The van der Waals surface area contributed by atoms with Gasteiger partial charge in [-0.05, 0) is 57.9 Å². The molecule has 1 atom stereocenters. The first-order valence-corrected chi connectivity index (χ1v) is 11.4. The van der Waals surface area contributed by atoms with Crippen molar-refractivity contribution in [3.05, 3.63) is 18.3 Å². The second kappa shape index (κ2) is 9.55. The number of amides is 1. The maximum Gasteiger partial charge on any atom is 0.425 e. The molecule has 3 rings (SSSR count). The van der Waals surface area contributed by atoms with Crippen LogP contribution in [-0.2, 0) is 9.53 Å². The van der Waals surface area contributed by atoms with Gasteiger partial charge in [0.15, 0.2) is 6.10 Å². The normalized spacial score (nSPS) is 27.4. The first-order valence-electron chi connectivity index (χ1n) is 11.4. The molecule has 1 N–H and O–H groups in total. The molecule has 1 amide bonds. The predicted octanol–water partition coefficient (Wildman–Crippen LogP) is 4.64. The molecule has 32 heavy (non-hydrogen) atoms. The lowest BCUT2D eigenvalue weighted by atomic mass is 9.68. The van der Waals surface area contributed by atoms with E-state index < -0.39 is 23.3 Å². The lowest BCUT2D eigenvalue weighted by Crippen LogP contribution is -2.46. The molecule has 1 aromatic rings. The van der Waals surface area contributed by atoms with Crippen molar-refractivity contribution in [2.75, 3.05) is 18.1 Å². The van der Waals surface area contributed by atoms with Crippen LogP contribution in [-0.4, -0.2) is 53.1 Å². The van der Waals surface area contributed by atoms with E-state index in [1.54, 1.807) is 11.0 Å². The second-order valence-corrected chi connectivity index (χ2v) is 9.12. The fourth-order valence-electron chi connectivity index (χ4n) is 4.52. The molecule has 6 nitrogen and oxygen atoms in total. The third kappa shape index (κ3) is 5.36. The Kier molecular flexibility index (Phi) is 7.39. The molecule has 2 aliphatic rings. The number of carbonyl (C=O) groups excluding carboxylic acids is 1. The summed E-state index contributed by atoms with van der Waals surface area (Å²) >= 11 is 0. The first-order chi connectivity index (χ1) is 15.0. The number of alkyl halides is 3. The zero-order valence-corrected chi connectivity index (χ0v) is 19.0. The van der Waals surface area contributed by atoms with Crippen LogP contribution in [0.3, 0.4) is 0 Å². The van der Waals surface area contributed by atoms with Gasteiger partial charge in [0.2, 0.25) is 11.8 Å². The third-order valence-corrected chi connectivity index (χ3v) is 6.94. The van der Waals surface area contributed by atoms with Gasteiger partial charge in [0.05, 0.1) is 35.6 Å². The van der Waals surface area contributed by atoms with Gasteiger partial charge < -0.3 is 19.5 Å². The predicted molar refractivity (Wildman–Crippen MR) is 114 cm³/mol. The van der Waals surface area contributed by atoms with E-state index in [-0.39, 0.29) is 24.5 Å². The number of halogens is 3. The number of hydrogen-bond acceptors (Lipinski definition) is 5. The molecule has 1 spiro atoms. The van der Waals surface area contributed by atoms with E-state index in [0.29, 0.717) is 44.3 Å². The zero-order chi connectivity index (χ0) is 23.6. The summed E-state index contributed by atoms with van der Waals surface area (Å²) in [7, 11) is 0. The Labute approximate surface area is 187 Å². The van der Waals surface area contributed by atoms with Crippen molar-refractivity contribution in [3.63, 3.8) is 0 Å². The van der Waals surface area contributed by atoms with Crippen molar-refractivity contribution in [2.24, 2.45) is 5.41 Å². The number of anilines is 1. The fourth-order valence-corrected chi connectivity index (χ4v) is 4.52. The Bertz CT molecular complexity index is 772. The molecular formula is C23H33F3N2O4. The van der Waals surface area contributed by atoms with Crippen LogP contribution in [0, 0.1) is 5.41 Å². The Morgan fingerprint density at radius 2 is 1.81 bits per heavy atom. The first kappa shape index (κ1) is 24.8. The van der Waals surface area contributed by atoms with E-state index >= 15 is 0 Å². The summed E-state index contributed by atoms with van der Waals surface area (Å²) in [4.78, 5) is 18.8. The third-order valence-electron chi connectivity index (χ3n) is 6.94. The molecule has 1 aromatic heterocycles. The van der Waals surface area contributed by atoms with Crippen molar-refractivity contribution < 1.29 is 32.5 Å². The van der Waals surface area contributed by atoms with Gasteiger partial charge >= 0.3 is 6.18 Å². The van der Waals surface area contributed by atoms with E-state index in [2.05, 4.69) is 18.8 Å². The Morgan fingerprint density at radius 1 is 1.16 bits per heavy atom. The minimum atomic E-state index is -4.47. The van der Waals surface area contributed by atoms with Gasteiger partial charge in [-0.1, -0.05) is 13.8 Å². The van der Waals surface area contributed by atoms with Crippen LogP contribution in [0.5, 0.6) is 5.88 Å². The molecule has 1 aliphatic carbocycles. The van der Waals surface area contributed by atoms with Gasteiger partial charge in [-0.2, -0.15) is 13.2 Å². The smallest absolute Gasteiger partial charge is 0.425 e. The Hall–Kier alpha value is -1.87. The molecule has 9 heteroatoms. The highest BCUT2D eigenvalue weighted by molar-refractivity contribution is 5.99. The standard InChI is InChI=1S/C23H33F3N2O4/c1-4-18(5-2)31-15-22(30)10-8-21(9-11-22)12-13-28(20(21)29)17-6-7-19(27-14-17)32-16(3)23(24,25)26/h6-7,14,16,18,30H,4-5,8-13,15H2,1-3H3/t16-,21?,22?/m0/s1. The van der Waals surface area contributed by atoms with Crippen LogP contribution in [0.2, 0.25) is 0 Å². The summed E-state index contributed by atoms with van der Waals surface area (Å²) in [5, 5.41) is 10.9. The van der Waals surface area contributed by atoms with Crippen LogP contribution < -0.4 is 9.64 Å². The summed E-state index contributed by atoms with van der Waals surface area (Å²) in [6, 6.07) is 2.91. The van der Waals surface area contributed by atoms with E-state index in [1.165, 1.54) is 12.3 Å². The molecule has 1 aliphatic heterocycles. The summed E-state index contributed by atoms with van der Waals surface area (Å²) in [5.41, 5.74) is -0.880. The summed E-state index contributed by atoms with van der Waals surface area (Å²) in [6.07, 6.45) is -0.264. The quantitative estimate of drug-likeness (QED) is 0.614. The van der Waals surface area contributed by atoms with Crippen LogP contribution in [0.25, 0.3) is 0 Å². The maximum atomic E-state index is 13.3.